The monoisotopic (exact) mass is 302 g/mol. The Hall–Kier alpha value is -1.84. The van der Waals surface area contributed by atoms with E-state index in [0.717, 1.165) is 17.9 Å². The van der Waals surface area contributed by atoms with E-state index in [4.69, 9.17) is 0 Å². The molecule has 4 heteroatoms. The van der Waals surface area contributed by atoms with Gasteiger partial charge in [-0.1, -0.05) is 43.9 Å². The Kier molecular flexibility index (Phi) is 6.44. The SMILES string of the molecule is Cc1ccccc1C(=O)NCC(=O)NCCCC1CCCC1. The molecule has 0 atom stereocenters. The molecule has 0 saturated heterocycles. The van der Waals surface area contributed by atoms with Crippen LogP contribution in [0.3, 0.4) is 0 Å². The van der Waals surface area contributed by atoms with Crippen molar-refractivity contribution in [3.63, 3.8) is 0 Å². The second kappa shape index (κ2) is 8.57. The zero-order chi connectivity index (χ0) is 15.8. The normalized spacial score (nSPS) is 14.8. The standard InChI is InChI=1S/C18H26N2O2/c1-14-7-2-5-11-16(14)18(22)20-13-17(21)19-12-6-10-15-8-3-4-9-15/h2,5,7,11,15H,3-4,6,8-10,12-13H2,1H3,(H,19,21)(H,20,22). The number of aryl methyl sites for hydroxylation is 1. The fraction of sp³-hybridized carbons (Fsp3) is 0.556. The fourth-order valence-corrected chi connectivity index (χ4v) is 3.06. The highest BCUT2D eigenvalue weighted by Crippen LogP contribution is 2.28. The Bertz CT molecular complexity index is 508. The predicted octanol–water partition coefficient (Wildman–Crippen LogP) is 2.81. The van der Waals surface area contributed by atoms with Crippen LogP contribution in [0.15, 0.2) is 24.3 Å². The summed E-state index contributed by atoms with van der Waals surface area (Å²) in [5, 5.41) is 5.54. The molecule has 0 aromatic heterocycles. The van der Waals surface area contributed by atoms with E-state index in [1.165, 1.54) is 32.1 Å². The van der Waals surface area contributed by atoms with Gasteiger partial charge in [0.25, 0.3) is 5.91 Å². The summed E-state index contributed by atoms with van der Waals surface area (Å²) in [6, 6.07) is 7.37. The minimum Gasteiger partial charge on any atom is -0.355 e. The Balaban J connectivity index is 1.61. The molecule has 120 valence electrons. The van der Waals surface area contributed by atoms with Gasteiger partial charge in [-0.05, 0) is 37.3 Å². The molecule has 4 nitrogen and oxygen atoms in total. The van der Waals surface area contributed by atoms with Crippen LogP contribution in [0.5, 0.6) is 0 Å². The van der Waals surface area contributed by atoms with Crippen molar-refractivity contribution in [3.05, 3.63) is 35.4 Å². The molecular formula is C18H26N2O2. The molecule has 1 fully saturated rings. The van der Waals surface area contributed by atoms with Crippen molar-refractivity contribution in [2.75, 3.05) is 13.1 Å². The summed E-state index contributed by atoms with van der Waals surface area (Å²) in [7, 11) is 0. The van der Waals surface area contributed by atoms with Gasteiger partial charge < -0.3 is 10.6 Å². The second-order valence-corrected chi connectivity index (χ2v) is 6.14. The van der Waals surface area contributed by atoms with E-state index >= 15 is 0 Å². The van der Waals surface area contributed by atoms with Crippen LogP contribution in [0.4, 0.5) is 0 Å². The van der Waals surface area contributed by atoms with Crippen LogP contribution in [-0.2, 0) is 4.79 Å². The van der Waals surface area contributed by atoms with Crippen LogP contribution in [-0.4, -0.2) is 24.9 Å². The summed E-state index contributed by atoms with van der Waals surface area (Å²) >= 11 is 0. The van der Waals surface area contributed by atoms with Crippen LogP contribution in [0.1, 0.15) is 54.4 Å². The molecule has 0 spiro atoms. The second-order valence-electron chi connectivity index (χ2n) is 6.14. The first-order chi connectivity index (χ1) is 10.7. The summed E-state index contributed by atoms with van der Waals surface area (Å²) in [4.78, 5) is 23.7. The Labute approximate surface area is 132 Å². The third kappa shape index (κ3) is 5.17. The molecule has 0 unspecified atom stereocenters. The lowest BCUT2D eigenvalue weighted by Crippen LogP contribution is -2.37. The number of carbonyl (C=O) groups excluding carboxylic acids is 2. The number of nitrogens with one attached hydrogen (secondary N) is 2. The first-order valence-electron chi connectivity index (χ1n) is 8.27. The van der Waals surface area contributed by atoms with Crippen LogP contribution >= 0.6 is 0 Å². The molecule has 1 aromatic carbocycles. The first kappa shape index (κ1) is 16.5. The fourth-order valence-electron chi connectivity index (χ4n) is 3.06. The number of hydrogen-bond donors (Lipinski definition) is 2. The zero-order valence-electron chi connectivity index (χ0n) is 13.4. The van der Waals surface area contributed by atoms with E-state index in [9.17, 15) is 9.59 Å². The zero-order valence-corrected chi connectivity index (χ0v) is 13.4. The summed E-state index contributed by atoms with van der Waals surface area (Å²) < 4.78 is 0. The number of rotatable bonds is 7. The van der Waals surface area contributed by atoms with Crippen molar-refractivity contribution in [2.45, 2.75) is 45.4 Å². The van der Waals surface area contributed by atoms with Gasteiger partial charge in [0, 0.05) is 12.1 Å². The van der Waals surface area contributed by atoms with Gasteiger partial charge in [-0.15, -0.1) is 0 Å². The lowest BCUT2D eigenvalue weighted by atomic mass is 10.0. The van der Waals surface area contributed by atoms with Gasteiger partial charge in [-0.3, -0.25) is 9.59 Å². The van der Waals surface area contributed by atoms with Gasteiger partial charge in [-0.2, -0.15) is 0 Å². The maximum Gasteiger partial charge on any atom is 0.251 e. The Morgan fingerprint density at radius 2 is 1.86 bits per heavy atom. The minimum atomic E-state index is -0.195. The quantitative estimate of drug-likeness (QED) is 0.761. The van der Waals surface area contributed by atoms with Crippen LogP contribution in [0.2, 0.25) is 0 Å². The van der Waals surface area contributed by atoms with E-state index in [1.807, 2.05) is 25.1 Å². The largest absolute Gasteiger partial charge is 0.355 e. The highest BCUT2D eigenvalue weighted by molar-refractivity contribution is 5.97. The summed E-state index contributed by atoms with van der Waals surface area (Å²) in [6.07, 6.45) is 7.66. The molecule has 0 radical (unpaired) electrons. The van der Waals surface area contributed by atoms with Gasteiger partial charge in [0.05, 0.1) is 6.54 Å². The Morgan fingerprint density at radius 1 is 1.14 bits per heavy atom. The Morgan fingerprint density at radius 3 is 2.59 bits per heavy atom. The lowest BCUT2D eigenvalue weighted by molar-refractivity contribution is -0.120. The smallest absolute Gasteiger partial charge is 0.251 e. The van der Waals surface area contributed by atoms with Gasteiger partial charge >= 0.3 is 0 Å². The first-order valence-corrected chi connectivity index (χ1v) is 8.27. The van der Waals surface area contributed by atoms with Crippen LogP contribution in [0.25, 0.3) is 0 Å². The molecule has 0 aliphatic heterocycles. The van der Waals surface area contributed by atoms with E-state index in [2.05, 4.69) is 10.6 Å². The maximum atomic E-state index is 12.0. The van der Waals surface area contributed by atoms with Crippen molar-refractivity contribution < 1.29 is 9.59 Å². The molecule has 0 heterocycles. The molecule has 2 rings (SSSR count). The van der Waals surface area contributed by atoms with Crippen molar-refractivity contribution in [1.29, 1.82) is 0 Å². The third-order valence-electron chi connectivity index (χ3n) is 4.39. The molecule has 0 bridgehead atoms. The van der Waals surface area contributed by atoms with Crippen molar-refractivity contribution in [3.8, 4) is 0 Å². The number of hydrogen-bond acceptors (Lipinski definition) is 2. The molecule has 22 heavy (non-hydrogen) atoms. The van der Waals surface area contributed by atoms with Gasteiger partial charge in [0.2, 0.25) is 5.91 Å². The number of amides is 2. The number of carbonyl (C=O) groups is 2. The van der Waals surface area contributed by atoms with E-state index < -0.39 is 0 Å². The van der Waals surface area contributed by atoms with Gasteiger partial charge in [-0.25, -0.2) is 0 Å². The van der Waals surface area contributed by atoms with Crippen LogP contribution < -0.4 is 10.6 Å². The summed E-state index contributed by atoms with van der Waals surface area (Å²) in [5.41, 5.74) is 1.54. The van der Waals surface area contributed by atoms with Crippen molar-refractivity contribution >= 4 is 11.8 Å². The molecule has 1 saturated carbocycles. The molecule has 2 N–H and O–H groups in total. The van der Waals surface area contributed by atoms with Gasteiger partial charge in [0.1, 0.15) is 0 Å². The number of benzene rings is 1. The average Bonchev–Trinajstić information content (AvgIpc) is 3.03. The van der Waals surface area contributed by atoms with E-state index in [1.54, 1.807) is 6.07 Å². The topological polar surface area (TPSA) is 58.2 Å². The maximum absolute atomic E-state index is 12.0. The average molecular weight is 302 g/mol. The van der Waals surface area contributed by atoms with Crippen molar-refractivity contribution in [1.82, 2.24) is 10.6 Å². The molecule has 1 aliphatic carbocycles. The highest BCUT2D eigenvalue weighted by Gasteiger charge is 2.14. The summed E-state index contributed by atoms with van der Waals surface area (Å²) in [6.45, 7) is 2.63. The minimum absolute atomic E-state index is 0.0383. The van der Waals surface area contributed by atoms with E-state index in [0.29, 0.717) is 12.1 Å². The third-order valence-corrected chi connectivity index (χ3v) is 4.39. The van der Waals surface area contributed by atoms with Crippen LogP contribution in [0, 0.1) is 12.8 Å². The molecule has 1 aliphatic rings. The summed E-state index contributed by atoms with van der Waals surface area (Å²) in [5.74, 6) is 0.547. The molecular weight excluding hydrogens is 276 g/mol. The van der Waals surface area contributed by atoms with Gasteiger partial charge in [0.15, 0.2) is 0 Å². The molecule has 2 amide bonds. The van der Waals surface area contributed by atoms with E-state index in [-0.39, 0.29) is 18.4 Å². The highest BCUT2D eigenvalue weighted by atomic mass is 16.2. The predicted molar refractivity (Wildman–Crippen MR) is 87.7 cm³/mol. The van der Waals surface area contributed by atoms with Crippen molar-refractivity contribution in [2.24, 2.45) is 5.92 Å². The molecule has 1 aromatic rings. The lowest BCUT2D eigenvalue weighted by Gasteiger charge is -2.10.